The SMILES string of the molecule is Cl.N=C1NC(=O)c2cc(Br)ccc21. The molecular weight excluding hydrogens is 255 g/mol. The van der Waals surface area contributed by atoms with Crippen molar-refractivity contribution in [3.05, 3.63) is 33.8 Å². The smallest absolute Gasteiger partial charge is 0.257 e. The van der Waals surface area contributed by atoms with Gasteiger partial charge in [-0.05, 0) is 18.2 Å². The van der Waals surface area contributed by atoms with Gasteiger partial charge >= 0.3 is 0 Å². The van der Waals surface area contributed by atoms with E-state index in [9.17, 15) is 4.79 Å². The molecule has 0 saturated heterocycles. The molecule has 0 bridgehead atoms. The normalized spacial score (nSPS) is 13.3. The summed E-state index contributed by atoms with van der Waals surface area (Å²) in [6.07, 6.45) is 0. The molecule has 1 amide bonds. The van der Waals surface area contributed by atoms with Gasteiger partial charge in [-0.25, -0.2) is 0 Å². The van der Waals surface area contributed by atoms with E-state index in [1.807, 2.05) is 6.07 Å². The molecule has 1 aliphatic heterocycles. The third kappa shape index (κ3) is 1.59. The number of halogens is 2. The quantitative estimate of drug-likeness (QED) is 0.737. The van der Waals surface area contributed by atoms with Crippen molar-refractivity contribution >= 4 is 40.1 Å². The van der Waals surface area contributed by atoms with Crippen LogP contribution in [0.5, 0.6) is 0 Å². The molecule has 68 valence electrons. The Balaban J connectivity index is 0.000000845. The van der Waals surface area contributed by atoms with E-state index in [2.05, 4.69) is 21.2 Å². The predicted molar refractivity (Wildman–Crippen MR) is 55.7 cm³/mol. The first-order valence-corrected chi connectivity index (χ1v) is 4.17. The molecule has 0 aliphatic carbocycles. The first kappa shape index (κ1) is 10.2. The van der Waals surface area contributed by atoms with Crippen LogP contribution in [0, 0.1) is 5.41 Å². The lowest BCUT2D eigenvalue weighted by atomic mass is 10.1. The molecule has 13 heavy (non-hydrogen) atoms. The number of amidine groups is 1. The maximum atomic E-state index is 11.2. The Bertz CT molecular complexity index is 392. The van der Waals surface area contributed by atoms with Crippen LogP contribution < -0.4 is 5.32 Å². The summed E-state index contributed by atoms with van der Waals surface area (Å²) in [6, 6.07) is 5.28. The molecule has 2 N–H and O–H groups in total. The molecule has 0 fully saturated rings. The molecule has 0 radical (unpaired) electrons. The second kappa shape index (κ2) is 3.47. The molecule has 1 aliphatic rings. The third-order valence-corrected chi connectivity index (χ3v) is 2.23. The lowest BCUT2D eigenvalue weighted by Crippen LogP contribution is -2.19. The highest BCUT2D eigenvalue weighted by molar-refractivity contribution is 9.10. The van der Waals surface area contributed by atoms with E-state index in [1.165, 1.54) is 0 Å². The molecular formula is C8H6BrClN2O. The Morgan fingerprint density at radius 3 is 2.69 bits per heavy atom. The van der Waals surface area contributed by atoms with E-state index in [1.54, 1.807) is 12.1 Å². The van der Waals surface area contributed by atoms with Gasteiger partial charge < -0.3 is 5.32 Å². The zero-order chi connectivity index (χ0) is 8.72. The Labute approximate surface area is 89.6 Å². The number of rotatable bonds is 0. The summed E-state index contributed by atoms with van der Waals surface area (Å²) in [5, 5.41) is 9.82. The van der Waals surface area contributed by atoms with Crippen LogP contribution in [0.4, 0.5) is 0 Å². The minimum absolute atomic E-state index is 0. The van der Waals surface area contributed by atoms with Crippen LogP contribution in [0.2, 0.25) is 0 Å². The monoisotopic (exact) mass is 260 g/mol. The molecule has 3 nitrogen and oxygen atoms in total. The van der Waals surface area contributed by atoms with Gasteiger partial charge in [0.15, 0.2) is 0 Å². The number of benzene rings is 1. The van der Waals surface area contributed by atoms with Crippen molar-refractivity contribution in [1.82, 2.24) is 5.32 Å². The Kier molecular flexibility index (Phi) is 2.73. The number of fused-ring (bicyclic) bond motifs is 1. The fraction of sp³-hybridized carbons (Fsp3) is 0. The average molecular weight is 262 g/mol. The Morgan fingerprint density at radius 1 is 1.31 bits per heavy atom. The third-order valence-electron chi connectivity index (χ3n) is 1.73. The average Bonchev–Trinajstić information content (AvgIpc) is 2.28. The summed E-state index contributed by atoms with van der Waals surface area (Å²) in [5.74, 6) is -0.0150. The summed E-state index contributed by atoms with van der Waals surface area (Å²) in [4.78, 5) is 11.2. The molecule has 0 aromatic heterocycles. The van der Waals surface area contributed by atoms with Crippen LogP contribution in [-0.2, 0) is 0 Å². The van der Waals surface area contributed by atoms with Gasteiger partial charge in [0, 0.05) is 10.0 Å². The minimum atomic E-state index is -0.198. The van der Waals surface area contributed by atoms with E-state index in [-0.39, 0.29) is 24.1 Å². The van der Waals surface area contributed by atoms with E-state index >= 15 is 0 Å². The summed E-state index contributed by atoms with van der Waals surface area (Å²) >= 11 is 3.26. The summed E-state index contributed by atoms with van der Waals surface area (Å²) in [6.45, 7) is 0. The van der Waals surface area contributed by atoms with Gasteiger partial charge in [-0.1, -0.05) is 15.9 Å². The van der Waals surface area contributed by atoms with Gasteiger partial charge in [0.25, 0.3) is 5.91 Å². The number of amides is 1. The van der Waals surface area contributed by atoms with Crippen molar-refractivity contribution in [3.8, 4) is 0 Å². The Morgan fingerprint density at radius 2 is 2.00 bits per heavy atom. The molecule has 1 aromatic rings. The first-order valence-electron chi connectivity index (χ1n) is 3.38. The summed E-state index contributed by atoms with van der Waals surface area (Å²) < 4.78 is 0.853. The number of hydrogen-bond donors (Lipinski definition) is 2. The second-order valence-electron chi connectivity index (χ2n) is 2.52. The fourth-order valence-corrected chi connectivity index (χ4v) is 1.53. The van der Waals surface area contributed by atoms with Crippen molar-refractivity contribution in [3.63, 3.8) is 0 Å². The maximum absolute atomic E-state index is 11.2. The van der Waals surface area contributed by atoms with Crippen LogP contribution in [0.3, 0.4) is 0 Å². The molecule has 0 spiro atoms. The van der Waals surface area contributed by atoms with E-state index in [4.69, 9.17) is 5.41 Å². The molecule has 0 unspecified atom stereocenters. The van der Waals surface area contributed by atoms with Gasteiger partial charge in [0.2, 0.25) is 0 Å². The van der Waals surface area contributed by atoms with Crippen LogP contribution in [0.1, 0.15) is 15.9 Å². The maximum Gasteiger partial charge on any atom is 0.257 e. The van der Waals surface area contributed by atoms with E-state index < -0.39 is 0 Å². The molecule has 1 aromatic carbocycles. The largest absolute Gasteiger partial charge is 0.306 e. The number of carbonyl (C=O) groups is 1. The van der Waals surface area contributed by atoms with Gasteiger partial charge in [0.1, 0.15) is 5.84 Å². The highest BCUT2D eigenvalue weighted by Crippen LogP contribution is 2.20. The fourth-order valence-electron chi connectivity index (χ4n) is 1.17. The molecule has 1 heterocycles. The van der Waals surface area contributed by atoms with Gasteiger partial charge in [0.05, 0.1) is 5.56 Å². The zero-order valence-electron chi connectivity index (χ0n) is 6.43. The first-order chi connectivity index (χ1) is 5.68. The minimum Gasteiger partial charge on any atom is -0.306 e. The van der Waals surface area contributed by atoms with Crippen molar-refractivity contribution < 1.29 is 4.79 Å². The van der Waals surface area contributed by atoms with Crippen molar-refractivity contribution in [2.24, 2.45) is 0 Å². The number of carbonyl (C=O) groups excluding carboxylic acids is 1. The van der Waals surface area contributed by atoms with Gasteiger partial charge in [-0.2, -0.15) is 0 Å². The Hall–Kier alpha value is -0.870. The van der Waals surface area contributed by atoms with Crippen LogP contribution in [-0.4, -0.2) is 11.7 Å². The topological polar surface area (TPSA) is 53.0 Å². The van der Waals surface area contributed by atoms with E-state index in [0.29, 0.717) is 11.1 Å². The van der Waals surface area contributed by atoms with Gasteiger partial charge in [-0.15, -0.1) is 12.4 Å². The van der Waals surface area contributed by atoms with Crippen LogP contribution in [0.15, 0.2) is 22.7 Å². The lowest BCUT2D eigenvalue weighted by Gasteiger charge is -1.94. The second-order valence-corrected chi connectivity index (χ2v) is 3.43. The lowest BCUT2D eigenvalue weighted by molar-refractivity contribution is 0.0983. The molecule has 2 rings (SSSR count). The predicted octanol–water partition coefficient (Wildman–Crippen LogP) is 1.94. The van der Waals surface area contributed by atoms with Crippen LogP contribution in [0.25, 0.3) is 0 Å². The highest BCUT2D eigenvalue weighted by Gasteiger charge is 2.23. The van der Waals surface area contributed by atoms with Crippen LogP contribution >= 0.6 is 28.3 Å². The highest BCUT2D eigenvalue weighted by atomic mass is 79.9. The van der Waals surface area contributed by atoms with E-state index in [0.717, 1.165) is 4.47 Å². The van der Waals surface area contributed by atoms with Crippen molar-refractivity contribution in [1.29, 1.82) is 5.41 Å². The summed E-state index contributed by atoms with van der Waals surface area (Å²) in [5.41, 5.74) is 1.23. The van der Waals surface area contributed by atoms with Gasteiger partial charge in [-0.3, -0.25) is 10.2 Å². The number of hydrogen-bond acceptors (Lipinski definition) is 2. The molecule has 5 heteroatoms. The molecule has 0 atom stereocenters. The van der Waals surface area contributed by atoms with Crippen molar-refractivity contribution in [2.75, 3.05) is 0 Å². The van der Waals surface area contributed by atoms with Crippen molar-refractivity contribution in [2.45, 2.75) is 0 Å². The standard InChI is InChI=1S/C8H5BrN2O.ClH/c9-4-1-2-5-6(3-4)8(12)11-7(5)10;/h1-3H,(H2,10,11,12);1H. The zero-order valence-corrected chi connectivity index (χ0v) is 8.83. The summed E-state index contributed by atoms with van der Waals surface area (Å²) in [7, 11) is 0. The molecule has 0 saturated carbocycles. The number of nitrogens with one attached hydrogen (secondary N) is 2.